The quantitative estimate of drug-likeness (QED) is 0.622. The van der Waals surface area contributed by atoms with Crippen LogP contribution in [0, 0.1) is 0 Å². The first-order chi connectivity index (χ1) is 8.08. The second kappa shape index (κ2) is 6.10. The summed E-state index contributed by atoms with van der Waals surface area (Å²) in [7, 11) is 3.03. The minimum atomic E-state index is -0.452. The average molecular weight is 239 g/mol. The van der Waals surface area contributed by atoms with Gasteiger partial charge in [0.2, 0.25) is 0 Å². The zero-order valence-corrected chi connectivity index (χ0v) is 10.2. The molecule has 0 aromatic heterocycles. The molecule has 1 aromatic carbocycles. The van der Waals surface area contributed by atoms with Crippen LogP contribution in [0.5, 0.6) is 5.75 Å². The summed E-state index contributed by atoms with van der Waals surface area (Å²) in [6, 6.07) is 4.79. The lowest BCUT2D eigenvalue weighted by atomic mass is 10.2. The Labute approximate surface area is 100 Å². The SMILES string of the molecule is COCC(C)OC(=O)c1ccc(N)cc1OC. The Morgan fingerprint density at radius 2 is 2.12 bits per heavy atom. The van der Waals surface area contributed by atoms with Crippen molar-refractivity contribution in [3.05, 3.63) is 23.8 Å². The molecule has 0 saturated heterocycles. The van der Waals surface area contributed by atoms with Crippen molar-refractivity contribution < 1.29 is 19.0 Å². The first kappa shape index (κ1) is 13.3. The number of carbonyl (C=O) groups excluding carboxylic acids is 1. The predicted octanol–water partition coefficient (Wildman–Crippen LogP) is 1.47. The third kappa shape index (κ3) is 3.64. The summed E-state index contributed by atoms with van der Waals surface area (Å²) in [5.41, 5.74) is 6.48. The van der Waals surface area contributed by atoms with Gasteiger partial charge in [-0.2, -0.15) is 0 Å². The second-order valence-corrected chi connectivity index (χ2v) is 3.63. The number of hydrogen-bond acceptors (Lipinski definition) is 5. The fraction of sp³-hybridized carbons (Fsp3) is 0.417. The number of methoxy groups -OCH3 is 2. The second-order valence-electron chi connectivity index (χ2n) is 3.63. The van der Waals surface area contributed by atoms with Crippen LogP contribution in [-0.2, 0) is 9.47 Å². The van der Waals surface area contributed by atoms with Gasteiger partial charge in [-0.3, -0.25) is 0 Å². The highest BCUT2D eigenvalue weighted by Gasteiger charge is 2.16. The Morgan fingerprint density at radius 3 is 2.71 bits per heavy atom. The molecule has 94 valence electrons. The summed E-state index contributed by atoms with van der Waals surface area (Å²) in [6.45, 7) is 2.11. The van der Waals surface area contributed by atoms with E-state index in [1.165, 1.54) is 7.11 Å². The third-order valence-corrected chi connectivity index (χ3v) is 2.16. The van der Waals surface area contributed by atoms with Crippen LogP contribution in [-0.4, -0.2) is 32.9 Å². The first-order valence-electron chi connectivity index (χ1n) is 5.22. The van der Waals surface area contributed by atoms with Gasteiger partial charge >= 0.3 is 5.97 Å². The van der Waals surface area contributed by atoms with Gasteiger partial charge in [0.1, 0.15) is 17.4 Å². The van der Waals surface area contributed by atoms with E-state index in [0.29, 0.717) is 23.6 Å². The van der Waals surface area contributed by atoms with Crippen molar-refractivity contribution >= 4 is 11.7 Å². The maximum atomic E-state index is 11.8. The molecule has 0 radical (unpaired) electrons. The highest BCUT2D eigenvalue weighted by molar-refractivity contribution is 5.93. The number of benzene rings is 1. The van der Waals surface area contributed by atoms with Gasteiger partial charge in [-0.15, -0.1) is 0 Å². The summed E-state index contributed by atoms with van der Waals surface area (Å²) >= 11 is 0. The lowest BCUT2D eigenvalue weighted by molar-refractivity contribution is 0.0117. The van der Waals surface area contributed by atoms with Crippen molar-refractivity contribution in [3.8, 4) is 5.75 Å². The molecule has 5 nitrogen and oxygen atoms in total. The zero-order valence-electron chi connectivity index (χ0n) is 10.2. The molecule has 1 unspecified atom stereocenters. The molecular formula is C12H17NO4. The van der Waals surface area contributed by atoms with Crippen molar-refractivity contribution in [2.24, 2.45) is 0 Å². The molecule has 2 N–H and O–H groups in total. The largest absolute Gasteiger partial charge is 0.496 e. The van der Waals surface area contributed by atoms with E-state index in [1.807, 2.05) is 0 Å². The fourth-order valence-electron chi connectivity index (χ4n) is 1.39. The average Bonchev–Trinajstić information content (AvgIpc) is 2.28. The molecule has 0 amide bonds. The van der Waals surface area contributed by atoms with E-state index < -0.39 is 5.97 Å². The van der Waals surface area contributed by atoms with Crippen LogP contribution in [0.2, 0.25) is 0 Å². The number of hydrogen-bond donors (Lipinski definition) is 1. The van der Waals surface area contributed by atoms with Gasteiger partial charge in [-0.25, -0.2) is 4.79 Å². The molecule has 0 aliphatic rings. The molecule has 0 bridgehead atoms. The number of nitrogen functional groups attached to an aromatic ring is 1. The van der Waals surface area contributed by atoms with Crippen LogP contribution in [0.1, 0.15) is 17.3 Å². The summed E-state index contributed by atoms with van der Waals surface area (Å²) in [5, 5.41) is 0. The minimum absolute atomic E-state index is 0.310. The summed E-state index contributed by atoms with van der Waals surface area (Å²) in [5.74, 6) is -0.0500. The first-order valence-corrected chi connectivity index (χ1v) is 5.22. The molecule has 0 aliphatic carbocycles. The van der Waals surface area contributed by atoms with Gasteiger partial charge in [0.05, 0.1) is 13.7 Å². The molecule has 1 rings (SSSR count). The minimum Gasteiger partial charge on any atom is -0.496 e. The van der Waals surface area contributed by atoms with Crippen molar-refractivity contribution in [2.45, 2.75) is 13.0 Å². The Balaban J connectivity index is 2.81. The maximum Gasteiger partial charge on any atom is 0.342 e. The maximum absolute atomic E-state index is 11.8. The lowest BCUT2D eigenvalue weighted by Gasteiger charge is -2.14. The van der Waals surface area contributed by atoms with E-state index in [1.54, 1.807) is 32.2 Å². The molecule has 0 heterocycles. The Hall–Kier alpha value is -1.75. The topological polar surface area (TPSA) is 70.8 Å². The third-order valence-electron chi connectivity index (χ3n) is 2.16. The van der Waals surface area contributed by atoms with E-state index >= 15 is 0 Å². The normalized spacial score (nSPS) is 11.9. The molecule has 1 aromatic rings. The van der Waals surface area contributed by atoms with Crippen molar-refractivity contribution in [1.29, 1.82) is 0 Å². The van der Waals surface area contributed by atoms with Crippen molar-refractivity contribution in [2.75, 3.05) is 26.6 Å². The summed E-state index contributed by atoms with van der Waals surface area (Å²) in [4.78, 5) is 11.8. The van der Waals surface area contributed by atoms with E-state index in [9.17, 15) is 4.79 Å². The number of rotatable bonds is 5. The van der Waals surface area contributed by atoms with Crippen LogP contribution in [0.4, 0.5) is 5.69 Å². The van der Waals surface area contributed by atoms with Crippen molar-refractivity contribution in [3.63, 3.8) is 0 Å². The van der Waals surface area contributed by atoms with E-state index in [2.05, 4.69) is 0 Å². The van der Waals surface area contributed by atoms with Gasteiger partial charge in [0, 0.05) is 18.9 Å². The number of ether oxygens (including phenoxy) is 3. The number of carbonyl (C=O) groups is 1. The van der Waals surface area contributed by atoms with Gasteiger partial charge in [0.25, 0.3) is 0 Å². The molecule has 1 atom stereocenters. The van der Waals surface area contributed by atoms with Crippen LogP contribution < -0.4 is 10.5 Å². The Kier molecular flexibility index (Phi) is 4.78. The summed E-state index contributed by atoms with van der Waals surface area (Å²) < 4.78 is 15.1. The standard InChI is InChI=1S/C12H17NO4/c1-8(7-15-2)17-12(14)10-5-4-9(13)6-11(10)16-3/h4-6,8H,7,13H2,1-3H3. The van der Waals surface area contributed by atoms with Gasteiger partial charge < -0.3 is 19.9 Å². The highest BCUT2D eigenvalue weighted by atomic mass is 16.6. The molecule has 0 spiro atoms. The molecule has 17 heavy (non-hydrogen) atoms. The molecule has 0 saturated carbocycles. The molecule has 5 heteroatoms. The molecular weight excluding hydrogens is 222 g/mol. The van der Waals surface area contributed by atoms with Crippen LogP contribution in [0.3, 0.4) is 0 Å². The van der Waals surface area contributed by atoms with E-state index in [-0.39, 0.29) is 6.10 Å². The van der Waals surface area contributed by atoms with E-state index in [4.69, 9.17) is 19.9 Å². The number of anilines is 1. The lowest BCUT2D eigenvalue weighted by Crippen LogP contribution is -2.20. The smallest absolute Gasteiger partial charge is 0.342 e. The zero-order chi connectivity index (χ0) is 12.8. The molecule has 0 fully saturated rings. The van der Waals surface area contributed by atoms with Crippen LogP contribution in [0.15, 0.2) is 18.2 Å². The number of esters is 1. The summed E-state index contributed by atoms with van der Waals surface area (Å²) in [6.07, 6.45) is -0.310. The van der Waals surface area contributed by atoms with Crippen molar-refractivity contribution in [1.82, 2.24) is 0 Å². The van der Waals surface area contributed by atoms with E-state index in [0.717, 1.165) is 0 Å². The van der Waals surface area contributed by atoms with Crippen LogP contribution >= 0.6 is 0 Å². The molecule has 0 aliphatic heterocycles. The van der Waals surface area contributed by atoms with Gasteiger partial charge in [0.15, 0.2) is 0 Å². The Bertz CT molecular complexity index is 392. The highest BCUT2D eigenvalue weighted by Crippen LogP contribution is 2.22. The Morgan fingerprint density at radius 1 is 1.41 bits per heavy atom. The number of nitrogens with two attached hydrogens (primary N) is 1. The van der Waals surface area contributed by atoms with Gasteiger partial charge in [-0.1, -0.05) is 0 Å². The van der Waals surface area contributed by atoms with Gasteiger partial charge in [-0.05, 0) is 19.1 Å². The fourth-order valence-corrected chi connectivity index (χ4v) is 1.39. The van der Waals surface area contributed by atoms with Crippen LogP contribution in [0.25, 0.3) is 0 Å². The predicted molar refractivity (Wildman–Crippen MR) is 64.2 cm³/mol. The monoisotopic (exact) mass is 239 g/mol.